The van der Waals surface area contributed by atoms with Crippen molar-refractivity contribution >= 4 is 27.7 Å². The maximum Gasteiger partial charge on any atom is 0.259 e. The summed E-state index contributed by atoms with van der Waals surface area (Å²) in [5.74, 6) is -0.721. The Bertz CT molecular complexity index is 480. The second kappa shape index (κ2) is 9.65. The first-order chi connectivity index (χ1) is 10.0. The first-order valence-corrected chi connectivity index (χ1v) is 7.72. The van der Waals surface area contributed by atoms with Crippen LogP contribution in [0.2, 0.25) is 0 Å². The summed E-state index contributed by atoms with van der Waals surface area (Å²) in [5, 5.41) is 11.1. The Morgan fingerprint density at radius 2 is 1.95 bits per heavy atom. The molecule has 21 heavy (non-hydrogen) atoms. The number of nitrogens with one attached hydrogen (secondary N) is 1. The van der Waals surface area contributed by atoms with Crippen LogP contribution in [0.25, 0.3) is 0 Å². The minimum Gasteiger partial charge on any atom is -0.396 e. The zero-order valence-electron chi connectivity index (χ0n) is 12.1. The number of hydrogen-bond donors (Lipinski definition) is 2. The molecule has 0 saturated carbocycles. The quantitative estimate of drug-likeness (QED) is 0.696. The number of aliphatic hydroxyl groups is 1. The standard InChI is InChI=1S/C15H21BrN2O3/c1-18(9-5-2-6-10-19)11-14(20)17-15(21)12-7-3-4-8-13(12)16/h3-4,7-8,19H,2,5-6,9-11H2,1H3,(H,17,20,21). The maximum absolute atomic E-state index is 11.9. The summed E-state index contributed by atoms with van der Waals surface area (Å²) in [6.45, 7) is 1.14. The highest BCUT2D eigenvalue weighted by molar-refractivity contribution is 9.10. The molecule has 116 valence electrons. The van der Waals surface area contributed by atoms with Crippen LogP contribution in [0.15, 0.2) is 28.7 Å². The molecule has 1 aromatic rings. The number of rotatable bonds is 8. The first kappa shape index (κ1) is 17.8. The van der Waals surface area contributed by atoms with E-state index in [-0.39, 0.29) is 19.1 Å². The summed E-state index contributed by atoms with van der Waals surface area (Å²) in [6, 6.07) is 6.97. The van der Waals surface area contributed by atoms with Gasteiger partial charge in [0.05, 0.1) is 12.1 Å². The number of nitrogens with zero attached hydrogens (tertiary/aromatic N) is 1. The van der Waals surface area contributed by atoms with Crippen LogP contribution in [0, 0.1) is 0 Å². The van der Waals surface area contributed by atoms with Gasteiger partial charge in [-0.25, -0.2) is 0 Å². The lowest BCUT2D eigenvalue weighted by Gasteiger charge is -2.15. The number of carbonyl (C=O) groups is 2. The van der Waals surface area contributed by atoms with Gasteiger partial charge in [-0.15, -0.1) is 0 Å². The molecule has 2 N–H and O–H groups in total. The summed E-state index contributed by atoms with van der Waals surface area (Å²) >= 11 is 3.28. The molecule has 6 heteroatoms. The van der Waals surface area contributed by atoms with Crippen molar-refractivity contribution in [3.8, 4) is 0 Å². The Kier molecular flexibility index (Phi) is 8.19. The molecule has 0 aromatic heterocycles. The molecule has 0 spiro atoms. The molecule has 0 unspecified atom stereocenters. The third-order valence-corrected chi connectivity index (χ3v) is 3.67. The van der Waals surface area contributed by atoms with Gasteiger partial charge in [-0.3, -0.25) is 19.8 Å². The van der Waals surface area contributed by atoms with Crippen LogP contribution >= 0.6 is 15.9 Å². The van der Waals surface area contributed by atoms with Gasteiger partial charge >= 0.3 is 0 Å². The Labute approximate surface area is 133 Å². The van der Waals surface area contributed by atoms with Gasteiger partial charge in [0.1, 0.15) is 0 Å². The van der Waals surface area contributed by atoms with Gasteiger partial charge in [0.25, 0.3) is 5.91 Å². The molecular formula is C15H21BrN2O3. The third kappa shape index (κ3) is 6.84. The summed E-state index contributed by atoms with van der Waals surface area (Å²) < 4.78 is 0.660. The van der Waals surface area contributed by atoms with Crippen molar-refractivity contribution in [2.24, 2.45) is 0 Å². The van der Waals surface area contributed by atoms with Crippen molar-refractivity contribution < 1.29 is 14.7 Å². The first-order valence-electron chi connectivity index (χ1n) is 6.92. The van der Waals surface area contributed by atoms with E-state index in [1.165, 1.54) is 0 Å². The van der Waals surface area contributed by atoms with Gasteiger partial charge in [0, 0.05) is 11.1 Å². The van der Waals surface area contributed by atoms with E-state index in [9.17, 15) is 9.59 Å². The number of unbranched alkanes of at least 4 members (excludes halogenated alkanes) is 2. The number of halogens is 1. The summed E-state index contributed by atoms with van der Waals surface area (Å²) in [5.41, 5.74) is 0.441. The van der Waals surface area contributed by atoms with Crippen molar-refractivity contribution in [3.63, 3.8) is 0 Å². The number of aliphatic hydroxyl groups excluding tert-OH is 1. The molecule has 0 aliphatic rings. The minimum atomic E-state index is -0.402. The van der Waals surface area contributed by atoms with Gasteiger partial charge in [0.15, 0.2) is 0 Å². The van der Waals surface area contributed by atoms with Crippen LogP contribution in [-0.4, -0.2) is 48.6 Å². The lowest BCUT2D eigenvalue weighted by Crippen LogP contribution is -2.39. The molecule has 0 atom stereocenters. The predicted molar refractivity (Wildman–Crippen MR) is 85.0 cm³/mol. The molecular weight excluding hydrogens is 336 g/mol. The van der Waals surface area contributed by atoms with Crippen LogP contribution < -0.4 is 5.32 Å². The number of carbonyl (C=O) groups excluding carboxylic acids is 2. The van der Waals surface area contributed by atoms with Crippen LogP contribution in [0.3, 0.4) is 0 Å². The SMILES string of the molecule is CN(CCCCCO)CC(=O)NC(=O)c1ccccc1Br. The van der Waals surface area contributed by atoms with E-state index < -0.39 is 5.91 Å². The van der Waals surface area contributed by atoms with Crippen molar-refractivity contribution in [2.75, 3.05) is 26.7 Å². The largest absolute Gasteiger partial charge is 0.396 e. The molecule has 0 aliphatic heterocycles. The second-order valence-electron chi connectivity index (χ2n) is 4.88. The topological polar surface area (TPSA) is 69.6 Å². The van der Waals surface area contributed by atoms with Crippen molar-refractivity contribution in [1.29, 1.82) is 0 Å². The van der Waals surface area contributed by atoms with Crippen LogP contribution in [0.1, 0.15) is 29.6 Å². The molecule has 0 fully saturated rings. The highest BCUT2D eigenvalue weighted by Gasteiger charge is 2.14. The Balaban J connectivity index is 2.36. The summed E-state index contributed by atoms with van der Waals surface area (Å²) in [4.78, 5) is 25.6. The van der Waals surface area contributed by atoms with Crippen LogP contribution in [-0.2, 0) is 4.79 Å². The fourth-order valence-corrected chi connectivity index (χ4v) is 2.34. The Morgan fingerprint density at radius 3 is 2.62 bits per heavy atom. The van der Waals surface area contributed by atoms with E-state index in [4.69, 9.17) is 5.11 Å². The van der Waals surface area contributed by atoms with Crippen LogP contribution in [0.5, 0.6) is 0 Å². The zero-order valence-corrected chi connectivity index (χ0v) is 13.7. The second-order valence-corrected chi connectivity index (χ2v) is 5.73. The van der Waals surface area contributed by atoms with Gasteiger partial charge in [-0.2, -0.15) is 0 Å². The van der Waals surface area contributed by atoms with Crippen molar-refractivity contribution in [3.05, 3.63) is 34.3 Å². The van der Waals surface area contributed by atoms with Crippen LogP contribution in [0.4, 0.5) is 0 Å². The molecule has 5 nitrogen and oxygen atoms in total. The molecule has 0 heterocycles. The van der Waals surface area contributed by atoms with E-state index in [2.05, 4.69) is 21.2 Å². The molecule has 0 radical (unpaired) electrons. The lowest BCUT2D eigenvalue weighted by molar-refractivity contribution is -0.121. The van der Waals surface area contributed by atoms with Crippen molar-refractivity contribution in [1.82, 2.24) is 10.2 Å². The Morgan fingerprint density at radius 1 is 1.24 bits per heavy atom. The normalized spacial score (nSPS) is 10.7. The van der Waals surface area contributed by atoms with Gasteiger partial charge in [0.2, 0.25) is 5.91 Å². The lowest BCUT2D eigenvalue weighted by atomic mass is 10.2. The molecule has 0 bridgehead atoms. The smallest absolute Gasteiger partial charge is 0.259 e. The van der Waals surface area contributed by atoms with E-state index in [1.807, 2.05) is 18.0 Å². The van der Waals surface area contributed by atoms with E-state index in [0.29, 0.717) is 10.0 Å². The average molecular weight is 357 g/mol. The van der Waals surface area contributed by atoms with E-state index >= 15 is 0 Å². The number of imide groups is 1. The van der Waals surface area contributed by atoms with E-state index in [1.54, 1.807) is 18.2 Å². The summed E-state index contributed by atoms with van der Waals surface area (Å²) in [6.07, 6.45) is 2.63. The number of hydrogen-bond acceptors (Lipinski definition) is 4. The van der Waals surface area contributed by atoms with Gasteiger partial charge < -0.3 is 5.11 Å². The highest BCUT2D eigenvalue weighted by Crippen LogP contribution is 2.15. The van der Waals surface area contributed by atoms with Gasteiger partial charge in [-0.1, -0.05) is 12.1 Å². The minimum absolute atomic E-state index is 0.176. The number of benzene rings is 1. The third-order valence-electron chi connectivity index (χ3n) is 2.98. The molecule has 1 rings (SSSR count). The monoisotopic (exact) mass is 356 g/mol. The predicted octanol–water partition coefficient (Wildman–Crippen LogP) is 1.80. The molecule has 0 aliphatic carbocycles. The Hall–Kier alpha value is -1.24. The average Bonchev–Trinajstić information content (AvgIpc) is 2.43. The summed E-state index contributed by atoms with van der Waals surface area (Å²) in [7, 11) is 1.83. The molecule has 2 amide bonds. The van der Waals surface area contributed by atoms with Crippen molar-refractivity contribution in [2.45, 2.75) is 19.3 Å². The zero-order chi connectivity index (χ0) is 15.7. The molecule has 0 saturated heterocycles. The van der Waals surface area contributed by atoms with Gasteiger partial charge in [-0.05, 0) is 60.9 Å². The number of likely N-dealkylation sites (N-methyl/N-ethyl adjacent to an activating group) is 1. The highest BCUT2D eigenvalue weighted by atomic mass is 79.9. The maximum atomic E-state index is 11.9. The number of amides is 2. The van der Waals surface area contributed by atoms with E-state index in [0.717, 1.165) is 25.8 Å². The molecule has 1 aromatic carbocycles. The fraction of sp³-hybridized carbons (Fsp3) is 0.467. The fourth-order valence-electron chi connectivity index (χ4n) is 1.87.